The van der Waals surface area contributed by atoms with Crippen LogP contribution in [0.25, 0.3) is 0 Å². The van der Waals surface area contributed by atoms with E-state index in [0.29, 0.717) is 41.4 Å². The van der Waals surface area contributed by atoms with Crippen LogP contribution >= 0.6 is 11.6 Å². The van der Waals surface area contributed by atoms with E-state index in [0.717, 1.165) is 0 Å². The molecule has 2 aromatic rings. The van der Waals surface area contributed by atoms with Crippen LogP contribution in [0.1, 0.15) is 34.7 Å². The lowest BCUT2D eigenvalue weighted by molar-refractivity contribution is -0.120. The molecule has 2 amide bonds. The van der Waals surface area contributed by atoms with Crippen LogP contribution in [0.4, 0.5) is 5.69 Å². The first kappa shape index (κ1) is 23.2. The summed E-state index contributed by atoms with van der Waals surface area (Å²) < 4.78 is 32.5. The number of aryl methyl sites for hydroxylation is 2. The molecule has 3 rings (SSSR count). The number of sulfonamides is 1. The molecule has 11 heteroatoms. The van der Waals surface area contributed by atoms with Crippen LogP contribution in [0.2, 0.25) is 5.02 Å². The average molecular weight is 469 g/mol. The average Bonchev–Trinajstić information content (AvgIpc) is 3.07. The maximum absolute atomic E-state index is 13.1. The van der Waals surface area contributed by atoms with Gasteiger partial charge in [0.15, 0.2) is 5.76 Å². The molecule has 1 aromatic heterocycles. The zero-order valence-electron chi connectivity index (χ0n) is 17.8. The highest BCUT2D eigenvalue weighted by atomic mass is 35.5. The van der Waals surface area contributed by atoms with Crippen molar-refractivity contribution >= 4 is 39.1 Å². The number of carbonyl (C=O) groups is 2. The number of carbonyl (C=O) groups excluding carboxylic acids is 2. The first-order valence-corrected chi connectivity index (χ1v) is 11.6. The number of halogens is 1. The monoisotopic (exact) mass is 468 g/mol. The number of nitrogens with zero attached hydrogens (tertiary/aromatic N) is 3. The predicted molar refractivity (Wildman–Crippen MR) is 116 cm³/mol. The number of nitrogens with one attached hydrogen (secondary N) is 1. The molecule has 1 fully saturated rings. The van der Waals surface area contributed by atoms with E-state index in [2.05, 4.69) is 10.5 Å². The third-order valence-electron chi connectivity index (χ3n) is 5.20. The van der Waals surface area contributed by atoms with E-state index in [9.17, 15) is 18.0 Å². The second-order valence-corrected chi connectivity index (χ2v) is 10.0. The number of anilines is 1. The maximum atomic E-state index is 13.1. The maximum Gasteiger partial charge on any atom is 0.253 e. The van der Waals surface area contributed by atoms with Crippen molar-refractivity contribution in [3.8, 4) is 0 Å². The highest BCUT2D eigenvalue weighted by molar-refractivity contribution is 7.89. The van der Waals surface area contributed by atoms with E-state index in [-0.39, 0.29) is 29.0 Å². The smallest absolute Gasteiger partial charge is 0.253 e. The van der Waals surface area contributed by atoms with Gasteiger partial charge in [0.05, 0.1) is 16.6 Å². The fraction of sp³-hybridized carbons (Fsp3) is 0.450. The topological polar surface area (TPSA) is 113 Å². The van der Waals surface area contributed by atoms with Crippen molar-refractivity contribution in [2.45, 2.75) is 31.6 Å². The Bertz CT molecular complexity index is 1090. The second-order valence-electron chi connectivity index (χ2n) is 7.74. The number of benzene rings is 1. The van der Waals surface area contributed by atoms with Crippen molar-refractivity contribution in [1.29, 1.82) is 0 Å². The van der Waals surface area contributed by atoms with Crippen molar-refractivity contribution in [2.24, 2.45) is 5.92 Å². The Labute approximate surface area is 186 Å². The standard InChI is InChI=1S/C20H25ClN4O5S/c1-12-18(13(2)30-23-12)31(28,29)25-9-5-6-15(11-25)19(26)22-17-10-14(7-8-16(17)21)20(27)24(3)4/h7-8,10,15H,5-6,9,11H2,1-4H3,(H,22,26). The molecule has 0 aliphatic carbocycles. The van der Waals surface area contributed by atoms with Gasteiger partial charge in [0.1, 0.15) is 10.6 Å². The molecular formula is C20H25ClN4O5S. The van der Waals surface area contributed by atoms with Crippen LogP contribution in [-0.2, 0) is 14.8 Å². The zero-order chi connectivity index (χ0) is 22.9. The van der Waals surface area contributed by atoms with Crippen molar-refractivity contribution in [3.63, 3.8) is 0 Å². The molecule has 1 unspecified atom stereocenters. The minimum absolute atomic E-state index is 0.0339. The second kappa shape index (κ2) is 8.97. The molecule has 1 aromatic carbocycles. The number of hydrogen-bond donors (Lipinski definition) is 1. The molecule has 9 nitrogen and oxygen atoms in total. The Morgan fingerprint density at radius 2 is 2.00 bits per heavy atom. The Balaban J connectivity index is 1.78. The van der Waals surface area contributed by atoms with Crippen molar-refractivity contribution in [1.82, 2.24) is 14.4 Å². The highest BCUT2D eigenvalue weighted by Crippen LogP contribution is 2.29. The zero-order valence-corrected chi connectivity index (χ0v) is 19.4. The third-order valence-corrected chi connectivity index (χ3v) is 7.64. The number of aromatic nitrogens is 1. The molecule has 0 bridgehead atoms. The summed E-state index contributed by atoms with van der Waals surface area (Å²) in [6, 6.07) is 4.64. The van der Waals surface area contributed by atoms with Crippen LogP contribution < -0.4 is 5.32 Å². The number of hydrogen-bond acceptors (Lipinski definition) is 6. The van der Waals surface area contributed by atoms with Gasteiger partial charge in [-0.25, -0.2) is 8.42 Å². The van der Waals surface area contributed by atoms with Gasteiger partial charge in [0.25, 0.3) is 5.91 Å². The Morgan fingerprint density at radius 3 is 2.61 bits per heavy atom. The van der Waals surface area contributed by atoms with Gasteiger partial charge in [-0.15, -0.1) is 0 Å². The van der Waals surface area contributed by atoms with Gasteiger partial charge in [-0.1, -0.05) is 16.8 Å². The van der Waals surface area contributed by atoms with Gasteiger partial charge in [-0.05, 0) is 44.9 Å². The minimum atomic E-state index is -3.83. The molecule has 168 valence electrons. The van der Waals surface area contributed by atoms with Crippen molar-refractivity contribution < 1.29 is 22.5 Å². The van der Waals surface area contributed by atoms with E-state index in [1.54, 1.807) is 40.1 Å². The Kier molecular flexibility index (Phi) is 6.73. The fourth-order valence-electron chi connectivity index (χ4n) is 3.59. The summed E-state index contributed by atoms with van der Waals surface area (Å²) >= 11 is 6.20. The fourth-order valence-corrected chi connectivity index (χ4v) is 5.57. The molecule has 1 aliphatic rings. The minimum Gasteiger partial charge on any atom is -0.360 e. The Hall–Kier alpha value is -2.43. The highest BCUT2D eigenvalue weighted by Gasteiger charge is 2.36. The molecule has 0 saturated carbocycles. The first-order chi connectivity index (χ1) is 14.5. The molecule has 1 atom stereocenters. The lowest BCUT2D eigenvalue weighted by atomic mass is 9.98. The summed E-state index contributed by atoms with van der Waals surface area (Å²) in [6.07, 6.45) is 1.07. The molecule has 0 spiro atoms. The van der Waals surface area contributed by atoms with Crippen molar-refractivity contribution in [2.75, 3.05) is 32.5 Å². The summed E-state index contributed by atoms with van der Waals surface area (Å²) in [5.74, 6) is -0.914. The molecule has 0 radical (unpaired) electrons. The molecule has 1 saturated heterocycles. The third kappa shape index (κ3) is 4.76. The summed E-state index contributed by atoms with van der Waals surface area (Å²) in [6.45, 7) is 3.46. The van der Waals surface area contributed by atoms with Gasteiger partial charge >= 0.3 is 0 Å². The summed E-state index contributed by atoms with van der Waals surface area (Å²) in [4.78, 5) is 26.6. The molecular weight excluding hydrogens is 444 g/mol. The SMILES string of the molecule is Cc1noc(C)c1S(=O)(=O)N1CCCC(C(=O)Nc2cc(C(=O)N(C)C)ccc2Cl)C1. The summed E-state index contributed by atoms with van der Waals surface area (Å²) in [5, 5.41) is 6.77. The normalized spacial score (nSPS) is 17.4. The van der Waals surface area contributed by atoms with E-state index in [4.69, 9.17) is 16.1 Å². The number of rotatable bonds is 5. The van der Waals surface area contributed by atoms with Crippen LogP contribution in [0.5, 0.6) is 0 Å². The summed E-state index contributed by atoms with van der Waals surface area (Å²) in [5.41, 5.74) is 0.985. The van der Waals surface area contributed by atoms with Crippen LogP contribution in [0.15, 0.2) is 27.6 Å². The largest absolute Gasteiger partial charge is 0.360 e. The molecule has 1 N–H and O–H groups in total. The van der Waals surface area contributed by atoms with Gasteiger partial charge in [-0.3, -0.25) is 9.59 Å². The van der Waals surface area contributed by atoms with Gasteiger partial charge in [0, 0.05) is 32.7 Å². The van der Waals surface area contributed by atoms with E-state index < -0.39 is 15.9 Å². The first-order valence-electron chi connectivity index (χ1n) is 9.77. The Morgan fingerprint density at radius 1 is 1.29 bits per heavy atom. The van der Waals surface area contributed by atoms with Crippen molar-refractivity contribution in [3.05, 3.63) is 40.2 Å². The lowest BCUT2D eigenvalue weighted by Crippen LogP contribution is -2.44. The van der Waals surface area contributed by atoms with Crippen LogP contribution in [-0.4, -0.2) is 61.8 Å². The van der Waals surface area contributed by atoms with E-state index in [1.165, 1.54) is 15.3 Å². The molecule has 1 aliphatic heterocycles. The van der Waals surface area contributed by atoms with Gasteiger partial charge < -0.3 is 14.7 Å². The van der Waals surface area contributed by atoms with E-state index >= 15 is 0 Å². The molecule has 2 heterocycles. The number of piperidine rings is 1. The van der Waals surface area contributed by atoms with Crippen LogP contribution in [0, 0.1) is 19.8 Å². The van der Waals surface area contributed by atoms with E-state index in [1.807, 2.05) is 0 Å². The van der Waals surface area contributed by atoms with Gasteiger partial charge in [0.2, 0.25) is 15.9 Å². The quantitative estimate of drug-likeness (QED) is 0.721. The van der Waals surface area contributed by atoms with Crippen LogP contribution in [0.3, 0.4) is 0 Å². The predicted octanol–water partition coefficient (Wildman–Crippen LogP) is 2.69. The summed E-state index contributed by atoms with van der Waals surface area (Å²) in [7, 11) is -0.574. The number of amides is 2. The lowest BCUT2D eigenvalue weighted by Gasteiger charge is -2.31. The molecule has 31 heavy (non-hydrogen) atoms. The van der Waals surface area contributed by atoms with Gasteiger partial charge in [-0.2, -0.15) is 4.31 Å².